The Balaban J connectivity index is 1.01. The normalized spacial score (nSPS) is 18.0. The fourth-order valence-corrected chi connectivity index (χ4v) is 9.03. The number of aryl methyl sites for hydroxylation is 1. The lowest BCUT2D eigenvalue weighted by molar-refractivity contribution is -0.126. The van der Waals surface area contributed by atoms with E-state index in [0.717, 1.165) is 50.4 Å². The predicted molar refractivity (Wildman–Crippen MR) is 198 cm³/mol. The Morgan fingerprint density at radius 3 is 1.90 bits per heavy atom. The third-order valence-corrected chi connectivity index (χ3v) is 11.9. The molecule has 9 nitrogen and oxygen atoms in total. The summed E-state index contributed by atoms with van der Waals surface area (Å²) in [4.78, 5) is 29.4. The van der Waals surface area contributed by atoms with Crippen molar-refractivity contribution in [3.63, 3.8) is 0 Å². The number of para-hydroxylation sites is 2. The van der Waals surface area contributed by atoms with Gasteiger partial charge < -0.3 is 19.7 Å². The molecule has 0 bridgehead atoms. The molecule has 1 aliphatic carbocycles. The standard InChI is InChI=1S/C42H39N3O6S/c1-27-18-20-30(21-19-27)52(48,49)44-29-22-28(41(46)43-23-37-35-14-6-8-16-39(35)51-40-17-9-7-15-36(37)40)24-45(25-29)42(47)50-26-38-33-12-4-2-10-31(33)32-11-3-5-13-34(32)38/h2-21,28-29,37-38,44H,22-26H2,1H3,(H,43,46)/t28-,29+/m0/s1. The zero-order chi connectivity index (χ0) is 35.8. The number of piperidine rings is 1. The molecule has 0 saturated carbocycles. The van der Waals surface area contributed by atoms with E-state index in [1.165, 1.54) is 4.90 Å². The molecule has 2 atom stereocenters. The van der Waals surface area contributed by atoms with E-state index < -0.39 is 28.1 Å². The molecule has 0 radical (unpaired) electrons. The van der Waals surface area contributed by atoms with Gasteiger partial charge in [0.2, 0.25) is 15.9 Å². The van der Waals surface area contributed by atoms with Crippen molar-refractivity contribution >= 4 is 22.0 Å². The van der Waals surface area contributed by atoms with Crippen LogP contribution < -0.4 is 14.8 Å². The number of benzene rings is 5. The second kappa shape index (κ2) is 13.9. The Morgan fingerprint density at radius 1 is 0.731 bits per heavy atom. The summed E-state index contributed by atoms with van der Waals surface area (Å²) in [6.45, 7) is 2.45. The minimum atomic E-state index is -3.94. The highest BCUT2D eigenvalue weighted by atomic mass is 32.2. The minimum absolute atomic E-state index is 0.0618. The van der Waals surface area contributed by atoms with Gasteiger partial charge in [0.15, 0.2) is 0 Å². The number of carbonyl (C=O) groups excluding carboxylic acids is 2. The molecule has 5 aromatic carbocycles. The van der Waals surface area contributed by atoms with Crippen molar-refractivity contribution in [1.29, 1.82) is 0 Å². The first-order chi connectivity index (χ1) is 25.2. The van der Waals surface area contributed by atoms with Crippen LogP contribution in [0.2, 0.25) is 0 Å². The van der Waals surface area contributed by atoms with E-state index >= 15 is 0 Å². The molecule has 2 heterocycles. The van der Waals surface area contributed by atoms with E-state index in [-0.39, 0.29) is 48.8 Å². The zero-order valence-corrected chi connectivity index (χ0v) is 29.5. The molecule has 2 amide bonds. The quantitative estimate of drug-likeness (QED) is 0.180. The van der Waals surface area contributed by atoms with E-state index in [2.05, 4.69) is 34.3 Å². The molecular formula is C42H39N3O6S. The SMILES string of the molecule is Cc1ccc(S(=O)(=O)N[C@@H]2C[C@H](C(=O)NCC3c4ccccc4Oc4ccccc43)CN(C(=O)OCC3c4ccccc4-c4ccccc43)C2)cc1. The number of nitrogens with one attached hydrogen (secondary N) is 2. The van der Waals surface area contributed by atoms with E-state index in [4.69, 9.17) is 9.47 Å². The highest BCUT2D eigenvalue weighted by molar-refractivity contribution is 7.89. The molecule has 264 valence electrons. The summed E-state index contributed by atoms with van der Waals surface area (Å²) in [6, 6.07) is 37.6. The van der Waals surface area contributed by atoms with E-state index in [0.29, 0.717) is 6.54 Å². The molecule has 0 spiro atoms. The maximum Gasteiger partial charge on any atom is 0.409 e. The van der Waals surface area contributed by atoms with Gasteiger partial charge in [0, 0.05) is 48.6 Å². The Hall–Kier alpha value is -5.45. The minimum Gasteiger partial charge on any atom is -0.457 e. The molecule has 1 fully saturated rings. The number of likely N-dealkylation sites (tertiary alicyclic amines) is 1. The first kappa shape index (κ1) is 33.7. The molecule has 0 unspecified atom stereocenters. The number of rotatable bonds is 8. The van der Waals surface area contributed by atoms with Gasteiger partial charge in [-0.15, -0.1) is 0 Å². The number of amides is 2. The van der Waals surface area contributed by atoms with Crippen LogP contribution in [0.1, 0.15) is 46.1 Å². The van der Waals surface area contributed by atoms with Crippen molar-refractivity contribution < 1.29 is 27.5 Å². The Labute approximate surface area is 303 Å². The molecule has 8 rings (SSSR count). The largest absolute Gasteiger partial charge is 0.457 e. The summed E-state index contributed by atoms with van der Waals surface area (Å²) in [5.41, 5.74) is 7.29. The number of fused-ring (bicyclic) bond motifs is 5. The number of nitrogens with zero attached hydrogens (tertiary/aromatic N) is 1. The highest BCUT2D eigenvalue weighted by Crippen LogP contribution is 2.45. The van der Waals surface area contributed by atoms with Crippen molar-refractivity contribution in [1.82, 2.24) is 14.9 Å². The maximum atomic E-state index is 14.0. The average Bonchev–Trinajstić information content (AvgIpc) is 3.48. The molecule has 5 aromatic rings. The van der Waals surface area contributed by atoms with E-state index in [1.54, 1.807) is 24.3 Å². The van der Waals surface area contributed by atoms with Gasteiger partial charge in [-0.2, -0.15) is 0 Å². The first-order valence-corrected chi connectivity index (χ1v) is 19.1. The number of sulfonamides is 1. The molecule has 2 aliphatic heterocycles. The molecule has 0 aromatic heterocycles. The first-order valence-electron chi connectivity index (χ1n) is 17.6. The molecule has 2 N–H and O–H groups in total. The van der Waals surface area contributed by atoms with Gasteiger partial charge in [0.25, 0.3) is 0 Å². The van der Waals surface area contributed by atoms with Crippen molar-refractivity contribution in [3.05, 3.63) is 149 Å². The Kier molecular flexibility index (Phi) is 9.02. The number of hydrogen-bond donors (Lipinski definition) is 2. The monoisotopic (exact) mass is 713 g/mol. The Morgan fingerprint density at radius 2 is 1.29 bits per heavy atom. The summed E-state index contributed by atoms with van der Waals surface area (Å²) in [5, 5.41) is 3.13. The van der Waals surface area contributed by atoms with Crippen molar-refractivity contribution in [2.45, 2.75) is 36.1 Å². The van der Waals surface area contributed by atoms with Crippen LogP contribution in [0.5, 0.6) is 11.5 Å². The number of ether oxygens (including phenoxy) is 2. The molecule has 10 heteroatoms. The molecule has 3 aliphatic rings. The van der Waals surface area contributed by atoms with Crippen molar-refractivity contribution in [2.75, 3.05) is 26.2 Å². The highest BCUT2D eigenvalue weighted by Gasteiger charge is 2.38. The second-order valence-electron chi connectivity index (χ2n) is 13.7. The summed E-state index contributed by atoms with van der Waals surface area (Å²) >= 11 is 0. The van der Waals surface area contributed by atoms with Gasteiger partial charge in [0.1, 0.15) is 18.1 Å². The molecule has 52 heavy (non-hydrogen) atoms. The smallest absolute Gasteiger partial charge is 0.409 e. The van der Waals surface area contributed by atoms with Crippen LogP contribution in [0.4, 0.5) is 4.79 Å². The van der Waals surface area contributed by atoms with Crippen molar-refractivity contribution in [2.24, 2.45) is 5.92 Å². The lowest BCUT2D eigenvalue weighted by Crippen LogP contribution is -2.55. The third-order valence-electron chi connectivity index (χ3n) is 10.4. The van der Waals surface area contributed by atoms with Gasteiger partial charge in [0.05, 0.1) is 10.8 Å². The number of hydrogen-bond acceptors (Lipinski definition) is 6. The maximum absolute atomic E-state index is 14.0. The van der Waals surface area contributed by atoms with Gasteiger partial charge in [-0.1, -0.05) is 103 Å². The van der Waals surface area contributed by atoms with E-state index in [1.807, 2.05) is 79.7 Å². The van der Waals surface area contributed by atoms with Gasteiger partial charge >= 0.3 is 6.09 Å². The van der Waals surface area contributed by atoms with Crippen LogP contribution in [0.3, 0.4) is 0 Å². The zero-order valence-electron chi connectivity index (χ0n) is 28.7. The van der Waals surface area contributed by atoms with Crippen LogP contribution in [-0.2, 0) is 19.6 Å². The second-order valence-corrected chi connectivity index (χ2v) is 15.5. The van der Waals surface area contributed by atoms with Crippen LogP contribution >= 0.6 is 0 Å². The lowest BCUT2D eigenvalue weighted by Gasteiger charge is -2.37. The summed E-state index contributed by atoms with van der Waals surface area (Å²) in [5.74, 6) is 0.238. The third kappa shape index (κ3) is 6.55. The predicted octanol–water partition coefficient (Wildman–Crippen LogP) is 6.97. The van der Waals surface area contributed by atoms with Gasteiger partial charge in [-0.3, -0.25) is 4.79 Å². The van der Waals surface area contributed by atoms with Crippen LogP contribution in [0.25, 0.3) is 11.1 Å². The fraction of sp³-hybridized carbons (Fsp3) is 0.238. The Bertz CT molecular complexity index is 2170. The summed E-state index contributed by atoms with van der Waals surface area (Å²) in [7, 11) is -3.94. The average molecular weight is 714 g/mol. The summed E-state index contributed by atoms with van der Waals surface area (Å²) in [6.07, 6.45) is -0.378. The van der Waals surface area contributed by atoms with Gasteiger partial charge in [-0.05, 0) is 59.9 Å². The molecular weight excluding hydrogens is 675 g/mol. The lowest BCUT2D eigenvalue weighted by atomic mass is 9.87. The van der Waals surface area contributed by atoms with Crippen LogP contribution in [0, 0.1) is 12.8 Å². The number of carbonyl (C=O) groups is 2. The summed E-state index contributed by atoms with van der Waals surface area (Å²) < 4.78 is 41.9. The van der Waals surface area contributed by atoms with Crippen molar-refractivity contribution in [3.8, 4) is 22.6 Å². The fourth-order valence-electron chi connectivity index (χ4n) is 7.79. The molecule has 1 saturated heterocycles. The van der Waals surface area contributed by atoms with Crippen LogP contribution in [-0.4, -0.2) is 57.6 Å². The topological polar surface area (TPSA) is 114 Å². The van der Waals surface area contributed by atoms with Gasteiger partial charge in [-0.25, -0.2) is 17.9 Å². The van der Waals surface area contributed by atoms with Crippen LogP contribution in [0.15, 0.2) is 126 Å². The van der Waals surface area contributed by atoms with E-state index in [9.17, 15) is 18.0 Å².